The van der Waals surface area contributed by atoms with Crippen molar-refractivity contribution in [2.75, 3.05) is 9.80 Å². The van der Waals surface area contributed by atoms with Gasteiger partial charge in [0, 0.05) is 34.1 Å². The molecule has 0 fully saturated rings. The van der Waals surface area contributed by atoms with Gasteiger partial charge in [-0.2, -0.15) is 0 Å². The number of hydrogen-bond acceptors (Lipinski definition) is 2. The van der Waals surface area contributed by atoms with E-state index in [1.165, 1.54) is 81.0 Å². The molecule has 12 aromatic rings. The highest BCUT2D eigenvalue weighted by Crippen LogP contribution is 2.50. The summed E-state index contributed by atoms with van der Waals surface area (Å²) in [7, 11) is 0. The van der Waals surface area contributed by atoms with E-state index >= 15 is 0 Å². The van der Waals surface area contributed by atoms with E-state index in [0.717, 1.165) is 34.1 Å². The number of para-hydroxylation sites is 4. The first-order chi connectivity index (χ1) is 29.4. The summed E-state index contributed by atoms with van der Waals surface area (Å²) in [6.07, 6.45) is 0. The molecule has 0 heterocycles. The Hall–Kier alpha value is -7.42. The Labute approximate surface area is 349 Å². The minimum absolute atomic E-state index is 0.0410. The lowest BCUT2D eigenvalue weighted by atomic mass is 9.83. The zero-order valence-electron chi connectivity index (χ0n) is 33.9. The molecule has 0 spiro atoms. The average Bonchev–Trinajstić information content (AvgIpc) is 3.78. The second-order valence-electron chi connectivity index (χ2n) is 17.3. The van der Waals surface area contributed by atoms with Crippen molar-refractivity contribution >= 4 is 110 Å². The van der Waals surface area contributed by atoms with Crippen LogP contribution in [0, 0.1) is 0 Å². The Morgan fingerprint density at radius 2 is 0.583 bits per heavy atom. The third kappa shape index (κ3) is 5.20. The van der Waals surface area contributed by atoms with Gasteiger partial charge in [-0.15, -0.1) is 0 Å². The van der Waals surface area contributed by atoms with Crippen LogP contribution < -0.4 is 9.80 Å². The Morgan fingerprint density at radius 3 is 0.983 bits per heavy atom. The largest absolute Gasteiger partial charge is 0.310 e. The molecule has 12 aromatic carbocycles. The first kappa shape index (κ1) is 34.6. The molecule has 0 aliphatic rings. The molecule has 0 amide bonds. The molecule has 2 nitrogen and oxygen atoms in total. The minimum Gasteiger partial charge on any atom is -0.310 e. The maximum Gasteiger partial charge on any atom is 0.0468 e. The molecule has 0 bridgehead atoms. The molecular weight excluding hydrogens is 725 g/mol. The van der Waals surface area contributed by atoms with E-state index < -0.39 is 0 Å². The lowest BCUT2D eigenvalue weighted by Crippen LogP contribution is -2.10. The summed E-state index contributed by atoms with van der Waals surface area (Å²) in [4.78, 5) is 4.74. The van der Waals surface area contributed by atoms with Gasteiger partial charge in [0.15, 0.2) is 0 Å². The summed E-state index contributed by atoms with van der Waals surface area (Å²) in [5.74, 6) is 0. The lowest BCUT2D eigenvalue weighted by molar-refractivity contribution is 0.592. The van der Waals surface area contributed by atoms with Gasteiger partial charge in [-0.1, -0.05) is 124 Å². The van der Waals surface area contributed by atoms with Crippen LogP contribution in [0.5, 0.6) is 0 Å². The van der Waals surface area contributed by atoms with Gasteiger partial charge in [0.1, 0.15) is 0 Å². The van der Waals surface area contributed by atoms with Gasteiger partial charge < -0.3 is 9.80 Å². The zero-order chi connectivity index (χ0) is 40.1. The van der Waals surface area contributed by atoms with Crippen LogP contribution in [0.4, 0.5) is 34.1 Å². The van der Waals surface area contributed by atoms with Crippen LogP contribution in [-0.4, -0.2) is 0 Å². The molecule has 0 aliphatic heterocycles. The lowest BCUT2D eigenvalue weighted by Gasteiger charge is -2.25. The maximum atomic E-state index is 2.51. The maximum absolute atomic E-state index is 2.51. The third-order valence-electron chi connectivity index (χ3n) is 12.8. The Morgan fingerprint density at radius 1 is 0.250 bits per heavy atom. The molecule has 0 aromatic heterocycles. The van der Waals surface area contributed by atoms with E-state index in [-0.39, 0.29) is 5.41 Å². The van der Waals surface area contributed by atoms with Crippen LogP contribution in [0.2, 0.25) is 0 Å². The Balaban J connectivity index is 1.13. The standard InChI is InChI=1S/C58H42N2/c1-58(2,3)37-31-52-49-34-43(60(40-21-12-6-13-22-40)41-23-14-7-15-24-41)28-30-45(49)55-35-50-47-26-16-25-46-48-33-42(59(38-17-8-4-9-18-38)39-19-10-5-11-20-39)27-29-44(48)54(56(46)47)36-51(50)53(32-37)57(52)55/h4-36H,1-3H3. The van der Waals surface area contributed by atoms with E-state index in [4.69, 9.17) is 0 Å². The van der Waals surface area contributed by atoms with Crippen molar-refractivity contribution in [2.24, 2.45) is 0 Å². The first-order valence-corrected chi connectivity index (χ1v) is 21.0. The van der Waals surface area contributed by atoms with Gasteiger partial charge >= 0.3 is 0 Å². The minimum atomic E-state index is -0.0410. The molecule has 0 unspecified atom stereocenters. The predicted molar refractivity (Wildman–Crippen MR) is 259 cm³/mol. The number of benzene rings is 10. The molecule has 2 heteroatoms. The molecule has 284 valence electrons. The number of nitrogens with zero attached hydrogens (tertiary/aromatic N) is 2. The molecule has 12 rings (SSSR count). The van der Waals surface area contributed by atoms with Gasteiger partial charge in [-0.05, 0) is 183 Å². The van der Waals surface area contributed by atoms with Crippen molar-refractivity contribution in [1.82, 2.24) is 0 Å². The summed E-state index contributed by atoms with van der Waals surface area (Å²) >= 11 is 0. The highest BCUT2D eigenvalue weighted by Gasteiger charge is 2.24. The van der Waals surface area contributed by atoms with Crippen LogP contribution in [0.1, 0.15) is 26.3 Å². The van der Waals surface area contributed by atoms with Gasteiger partial charge in [0.2, 0.25) is 0 Å². The molecular formula is C58H42N2. The van der Waals surface area contributed by atoms with Crippen molar-refractivity contribution in [2.45, 2.75) is 26.2 Å². The molecule has 0 saturated heterocycles. The van der Waals surface area contributed by atoms with E-state index in [1.54, 1.807) is 0 Å². The molecule has 0 radical (unpaired) electrons. The Kier molecular flexibility index (Phi) is 7.52. The monoisotopic (exact) mass is 766 g/mol. The number of hydrogen-bond donors (Lipinski definition) is 0. The molecule has 0 aliphatic carbocycles. The topological polar surface area (TPSA) is 6.48 Å². The van der Waals surface area contributed by atoms with Crippen LogP contribution >= 0.6 is 0 Å². The highest BCUT2D eigenvalue weighted by atomic mass is 15.1. The van der Waals surface area contributed by atoms with Gasteiger partial charge in [0.25, 0.3) is 0 Å². The summed E-state index contributed by atoms with van der Waals surface area (Å²) in [6, 6.07) is 73.9. The number of anilines is 6. The second-order valence-corrected chi connectivity index (χ2v) is 17.3. The highest BCUT2D eigenvalue weighted by molar-refractivity contribution is 6.41. The quantitative estimate of drug-likeness (QED) is 0.156. The summed E-state index contributed by atoms with van der Waals surface area (Å²) < 4.78 is 0. The first-order valence-electron chi connectivity index (χ1n) is 21.0. The van der Waals surface area contributed by atoms with Crippen molar-refractivity contribution in [3.05, 3.63) is 206 Å². The van der Waals surface area contributed by atoms with Crippen LogP contribution in [0.3, 0.4) is 0 Å². The van der Waals surface area contributed by atoms with E-state index in [9.17, 15) is 0 Å². The van der Waals surface area contributed by atoms with Crippen LogP contribution in [0.15, 0.2) is 200 Å². The van der Waals surface area contributed by atoms with E-state index in [1.807, 2.05) is 0 Å². The van der Waals surface area contributed by atoms with Crippen LogP contribution in [0.25, 0.3) is 75.4 Å². The fourth-order valence-corrected chi connectivity index (χ4v) is 10.0. The van der Waals surface area contributed by atoms with Crippen molar-refractivity contribution in [3.63, 3.8) is 0 Å². The zero-order valence-corrected chi connectivity index (χ0v) is 33.9. The predicted octanol–water partition coefficient (Wildman–Crippen LogP) is 16.9. The van der Waals surface area contributed by atoms with E-state index in [2.05, 4.69) is 231 Å². The van der Waals surface area contributed by atoms with Gasteiger partial charge in [0.05, 0.1) is 0 Å². The SMILES string of the molecule is CC(C)(C)c1cc2c3cc(N(c4ccccc4)c4ccccc4)ccc3c3cc4c(cc5c6ccc(N(c7ccccc7)c7ccccc7)cc6c6cccc4c65)c(c1)c23. The molecule has 0 N–H and O–H groups in total. The fraction of sp³-hybridized carbons (Fsp3) is 0.0690. The molecule has 0 saturated carbocycles. The number of rotatable bonds is 6. The van der Waals surface area contributed by atoms with Crippen molar-refractivity contribution in [1.29, 1.82) is 0 Å². The smallest absolute Gasteiger partial charge is 0.0468 e. The van der Waals surface area contributed by atoms with Crippen molar-refractivity contribution < 1.29 is 0 Å². The van der Waals surface area contributed by atoms with E-state index in [0.29, 0.717) is 0 Å². The molecule has 60 heavy (non-hydrogen) atoms. The van der Waals surface area contributed by atoms with Gasteiger partial charge in [-0.25, -0.2) is 0 Å². The normalized spacial score (nSPS) is 12.2. The average molecular weight is 767 g/mol. The third-order valence-corrected chi connectivity index (χ3v) is 12.8. The van der Waals surface area contributed by atoms with Gasteiger partial charge in [-0.3, -0.25) is 0 Å². The summed E-state index contributed by atoms with van der Waals surface area (Å²) in [5, 5.41) is 18.4. The van der Waals surface area contributed by atoms with Crippen molar-refractivity contribution in [3.8, 4) is 0 Å². The Bertz CT molecular complexity index is 3470. The molecule has 0 atom stereocenters. The second kappa shape index (κ2) is 13.0. The number of fused-ring (bicyclic) bond motifs is 9. The fourth-order valence-electron chi connectivity index (χ4n) is 10.0. The summed E-state index contributed by atoms with van der Waals surface area (Å²) in [5.41, 5.74) is 8.17. The summed E-state index contributed by atoms with van der Waals surface area (Å²) in [6.45, 7) is 7.03. The van der Waals surface area contributed by atoms with Crippen LogP contribution in [-0.2, 0) is 5.41 Å².